The Hall–Kier alpha value is -2.50. The fourth-order valence-electron chi connectivity index (χ4n) is 2.51. The quantitative estimate of drug-likeness (QED) is 0.360. The number of fused-ring (bicyclic) bond motifs is 1. The maximum Gasteiger partial charge on any atom is 0.372 e. The number of anilines is 1. The Bertz CT molecular complexity index is 1070. The van der Waals surface area contributed by atoms with E-state index in [0.29, 0.717) is 10.5 Å². The van der Waals surface area contributed by atoms with Crippen LogP contribution in [0.5, 0.6) is 0 Å². The van der Waals surface area contributed by atoms with Crippen molar-refractivity contribution in [2.45, 2.75) is 18.7 Å². The number of nitrogens with zero attached hydrogens (tertiary/aromatic N) is 3. The Morgan fingerprint density at radius 2 is 2.08 bits per heavy atom. The highest BCUT2D eigenvalue weighted by Gasteiger charge is 2.23. The number of benzene rings is 1. The molecule has 0 unspecified atom stereocenters. The van der Waals surface area contributed by atoms with Crippen LogP contribution >= 0.6 is 11.3 Å². The minimum atomic E-state index is -3.66. The van der Waals surface area contributed by atoms with Gasteiger partial charge in [0, 0.05) is 18.5 Å². The average Bonchev–Trinajstić information content (AvgIpc) is 3.13. The molecular formula is C15H17N5O4S2. The summed E-state index contributed by atoms with van der Waals surface area (Å²) in [5.74, 6) is -0.0496. The molecule has 0 saturated carbocycles. The van der Waals surface area contributed by atoms with E-state index in [4.69, 9.17) is 0 Å². The first-order valence-electron chi connectivity index (χ1n) is 7.70. The van der Waals surface area contributed by atoms with Crippen LogP contribution in [0.25, 0.3) is 4.96 Å². The van der Waals surface area contributed by atoms with Gasteiger partial charge in [-0.1, -0.05) is 23.5 Å². The van der Waals surface area contributed by atoms with Crippen LogP contribution in [0.4, 0.5) is 11.6 Å². The molecule has 26 heavy (non-hydrogen) atoms. The number of aromatic nitrogens is 2. The predicted octanol–water partition coefficient (Wildman–Crippen LogP) is 2.31. The number of sulfonamides is 1. The van der Waals surface area contributed by atoms with Crippen LogP contribution in [0, 0.1) is 24.0 Å². The number of imidazole rings is 1. The molecule has 0 radical (unpaired) electrons. The second-order valence-electron chi connectivity index (χ2n) is 5.69. The maximum atomic E-state index is 12.4. The Labute approximate surface area is 153 Å². The number of rotatable bonds is 7. The lowest BCUT2D eigenvalue weighted by Gasteiger charge is -2.10. The standard InChI is InChI=1S/C15H17N5O4S2/c1-10-3-4-11(2)12(9-10)26(23,24)17-6-5-16-13-14(20(21)22)19-7-8-25-15(19)18-13/h3-4,7-9,16-17H,5-6H2,1-2H3. The second kappa shape index (κ2) is 7.02. The van der Waals surface area contributed by atoms with E-state index in [2.05, 4.69) is 15.0 Å². The Morgan fingerprint density at radius 1 is 1.31 bits per heavy atom. The molecule has 11 heteroatoms. The van der Waals surface area contributed by atoms with Crippen molar-refractivity contribution in [2.75, 3.05) is 18.4 Å². The van der Waals surface area contributed by atoms with Gasteiger partial charge >= 0.3 is 5.82 Å². The van der Waals surface area contributed by atoms with Crippen LogP contribution in [0.15, 0.2) is 34.7 Å². The Balaban J connectivity index is 1.67. The molecule has 2 aromatic heterocycles. The van der Waals surface area contributed by atoms with Gasteiger partial charge in [0.1, 0.15) is 6.20 Å². The number of hydrogen-bond donors (Lipinski definition) is 2. The van der Waals surface area contributed by atoms with E-state index >= 15 is 0 Å². The van der Waals surface area contributed by atoms with E-state index in [1.54, 1.807) is 30.6 Å². The van der Waals surface area contributed by atoms with Crippen molar-refractivity contribution in [3.63, 3.8) is 0 Å². The lowest BCUT2D eigenvalue weighted by Crippen LogP contribution is -2.29. The zero-order valence-corrected chi connectivity index (χ0v) is 15.7. The number of hydrogen-bond acceptors (Lipinski definition) is 7. The van der Waals surface area contributed by atoms with Crippen molar-refractivity contribution in [3.05, 3.63) is 51.0 Å². The molecule has 0 amide bonds. The first kappa shape index (κ1) is 18.3. The normalized spacial score (nSPS) is 11.8. The van der Waals surface area contributed by atoms with Crippen molar-refractivity contribution < 1.29 is 13.3 Å². The smallest absolute Gasteiger partial charge is 0.362 e. The molecule has 1 aromatic carbocycles. The van der Waals surface area contributed by atoms with Crippen molar-refractivity contribution >= 4 is 38.0 Å². The molecule has 2 heterocycles. The van der Waals surface area contributed by atoms with Gasteiger partial charge in [0.25, 0.3) is 4.96 Å². The highest BCUT2D eigenvalue weighted by atomic mass is 32.2. The largest absolute Gasteiger partial charge is 0.372 e. The van der Waals surface area contributed by atoms with Crippen LogP contribution < -0.4 is 10.0 Å². The molecule has 0 fully saturated rings. The fourth-order valence-corrected chi connectivity index (χ4v) is 4.58. The van der Waals surface area contributed by atoms with Gasteiger partial charge in [-0.2, -0.15) is 9.38 Å². The molecule has 0 aliphatic heterocycles. The summed E-state index contributed by atoms with van der Waals surface area (Å²) < 4.78 is 28.7. The van der Waals surface area contributed by atoms with E-state index in [1.807, 2.05) is 13.0 Å². The first-order valence-corrected chi connectivity index (χ1v) is 10.1. The van der Waals surface area contributed by atoms with E-state index in [9.17, 15) is 18.5 Å². The summed E-state index contributed by atoms with van der Waals surface area (Å²) in [6.07, 6.45) is 1.57. The van der Waals surface area contributed by atoms with Crippen molar-refractivity contribution in [3.8, 4) is 0 Å². The fraction of sp³-hybridized carbons (Fsp3) is 0.267. The molecule has 3 rings (SSSR count). The lowest BCUT2D eigenvalue weighted by atomic mass is 10.2. The molecule has 0 saturated heterocycles. The molecule has 9 nitrogen and oxygen atoms in total. The third-order valence-electron chi connectivity index (χ3n) is 3.75. The van der Waals surface area contributed by atoms with E-state index in [0.717, 1.165) is 5.56 Å². The van der Waals surface area contributed by atoms with Gasteiger partial charge in [-0.05, 0) is 36.0 Å². The summed E-state index contributed by atoms with van der Waals surface area (Å²) in [6, 6.07) is 5.21. The summed E-state index contributed by atoms with van der Waals surface area (Å²) in [6.45, 7) is 3.78. The first-order chi connectivity index (χ1) is 12.3. The number of thiazole rings is 1. The van der Waals surface area contributed by atoms with E-state index in [-0.39, 0.29) is 29.6 Å². The summed E-state index contributed by atoms with van der Waals surface area (Å²) in [5, 5.41) is 15.8. The van der Waals surface area contributed by atoms with Crippen molar-refractivity contribution in [2.24, 2.45) is 0 Å². The zero-order chi connectivity index (χ0) is 18.9. The highest BCUT2D eigenvalue weighted by Crippen LogP contribution is 2.27. The minimum Gasteiger partial charge on any atom is -0.362 e. The van der Waals surface area contributed by atoms with Gasteiger partial charge in [0.15, 0.2) is 0 Å². The molecule has 138 valence electrons. The monoisotopic (exact) mass is 395 g/mol. The summed E-state index contributed by atoms with van der Waals surface area (Å²) in [7, 11) is -3.66. The molecule has 0 atom stereocenters. The van der Waals surface area contributed by atoms with Gasteiger partial charge in [-0.15, -0.1) is 0 Å². The average molecular weight is 395 g/mol. The molecule has 0 bridgehead atoms. The van der Waals surface area contributed by atoms with Gasteiger partial charge in [0.05, 0.1) is 4.90 Å². The number of aryl methyl sites for hydroxylation is 2. The third kappa shape index (κ3) is 3.54. The zero-order valence-electron chi connectivity index (χ0n) is 14.1. The van der Waals surface area contributed by atoms with Gasteiger partial charge in [-0.3, -0.25) is 0 Å². The van der Waals surface area contributed by atoms with E-state index in [1.165, 1.54) is 15.7 Å². The second-order valence-corrected chi connectivity index (χ2v) is 8.30. The summed E-state index contributed by atoms with van der Waals surface area (Å²) >= 11 is 1.28. The third-order valence-corrected chi connectivity index (χ3v) is 6.11. The molecule has 0 aliphatic rings. The van der Waals surface area contributed by atoms with Crippen LogP contribution in [-0.2, 0) is 10.0 Å². The predicted molar refractivity (Wildman–Crippen MR) is 99.3 cm³/mol. The van der Waals surface area contributed by atoms with Crippen molar-refractivity contribution in [1.29, 1.82) is 0 Å². The molecule has 0 aliphatic carbocycles. The minimum absolute atomic E-state index is 0.0675. The van der Waals surface area contributed by atoms with Gasteiger partial charge < -0.3 is 15.4 Å². The molecular weight excluding hydrogens is 378 g/mol. The SMILES string of the molecule is Cc1ccc(C)c(S(=O)(=O)NCCNc2nc3sccn3c2[N+](=O)[O-])c1. The van der Waals surface area contributed by atoms with Gasteiger partial charge in [-0.25, -0.2) is 13.1 Å². The van der Waals surface area contributed by atoms with Crippen LogP contribution in [0.1, 0.15) is 11.1 Å². The van der Waals surface area contributed by atoms with Crippen molar-refractivity contribution in [1.82, 2.24) is 14.1 Å². The molecule has 2 N–H and O–H groups in total. The molecule has 0 spiro atoms. The Morgan fingerprint density at radius 3 is 2.81 bits per heavy atom. The highest BCUT2D eigenvalue weighted by molar-refractivity contribution is 7.89. The van der Waals surface area contributed by atoms with Crippen LogP contribution in [0.2, 0.25) is 0 Å². The van der Waals surface area contributed by atoms with Crippen LogP contribution in [-0.4, -0.2) is 35.8 Å². The Kier molecular flexibility index (Phi) is 4.94. The van der Waals surface area contributed by atoms with Crippen LogP contribution in [0.3, 0.4) is 0 Å². The van der Waals surface area contributed by atoms with Gasteiger partial charge in [0.2, 0.25) is 15.8 Å². The van der Waals surface area contributed by atoms with E-state index < -0.39 is 14.9 Å². The topological polar surface area (TPSA) is 119 Å². The summed E-state index contributed by atoms with van der Waals surface area (Å²) in [5.41, 5.74) is 1.50. The number of nitro groups is 1. The maximum absolute atomic E-state index is 12.4. The molecule has 3 aromatic rings. The summed E-state index contributed by atoms with van der Waals surface area (Å²) in [4.78, 5) is 15.6. The lowest BCUT2D eigenvalue weighted by molar-refractivity contribution is -0.389. The number of nitrogens with one attached hydrogen (secondary N) is 2.